The number of carbonyl (C=O) groups is 3. The summed E-state index contributed by atoms with van der Waals surface area (Å²) < 4.78 is 6.32. The number of ketones is 2. The number of Topliss-reactive ketones (excluding diaryl/α,β-unsaturated/α-hetero) is 2. The van der Waals surface area contributed by atoms with Gasteiger partial charge in [-0.1, -0.05) is 13.0 Å². The van der Waals surface area contributed by atoms with Crippen molar-refractivity contribution in [3.63, 3.8) is 0 Å². The lowest BCUT2D eigenvalue weighted by Gasteiger charge is -2.47. The van der Waals surface area contributed by atoms with Crippen molar-refractivity contribution in [2.24, 2.45) is 17.3 Å². The summed E-state index contributed by atoms with van der Waals surface area (Å²) in [5, 5.41) is 9.37. The fourth-order valence-corrected chi connectivity index (χ4v) is 5.85. The topological polar surface area (TPSA) is 93.6 Å². The molecule has 0 spiro atoms. The molecule has 5 rings (SSSR count). The van der Waals surface area contributed by atoms with Crippen molar-refractivity contribution < 1.29 is 24.2 Å². The molecule has 4 aliphatic rings. The Morgan fingerprint density at radius 2 is 2.10 bits per heavy atom. The zero-order chi connectivity index (χ0) is 20.3. The number of ether oxygens (including phenoxy) is 1. The summed E-state index contributed by atoms with van der Waals surface area (Å²) in [6, 6.07) is 3.83. The number of carboxylic acids is 1. The molecule has 2 fully saturated rings. The molecule has 1 aromatic heterocycles. The second kappa shape index (κ2) is 6.37. The number of aliphatic carboxylic acids is 1. The Kier molecular flexibility index (Phi) is 4.02. The molecule has 150 valence electrons. The fraction of sp³-hybridized carbons (Fsp3) is 0.478. The van der Waals surface area contributed by atoms with Gasteiger partial charge in [0, 0.05) is 43.5 Å². The van der Waals surface area contributed by atoms with E-state index in [1.54, 1.807) is 12.4 Å². The SMILES string of the molecule is C[C@]12CCC3=CC4=C(CC(C(=O)O)CC4=O)O[C@H]3[C@@H]1CC(=O)[C@@H]2c1cccnc1. The summed E-state index contributed by atoms with van der Waals surface area (Å²) in [6.07, 6.45) is 7.45. The van der Waals surface area contributed by atoms with Crippen LogP contribution in [0.15, 0.2) is 47.5 Å². The van der Waals surface area contributed by atoms with Gasteiger partial charge in [-0.25, -0.2) is 0 Å². The summed E-state index contributed by atoms with van der Waals surface area (Å²) in [6.45, 7) is 2.16. The molecule has 0 bridgehead atoms. The van der Waals surface area contributed by atoms with Crippen LogP contribution in [0, 0.1) is 17.3 Å². The lowest BCUT2D eigenvalue weighted by Crippen LogP contribution is -2.44. The van der Waals surface area contributed by atoms with Crippen LogP contribution in [-0.4, -0.2) is 33.7 Å². The molecule has 2 saturated carbocycles. The van der Waals surface area contributed by atoms with E-state index in [1.807, 2.05) is 18.2 Å². The summed E-state index contributed by atoms with van der Waals surface area (Å²) >= 11 is 0. The molecule has 2 heterocycles. The number of pyridine rings is 1. The van der Waals surface area contributed by atoms with Crippen molar-refractivity contribution in [2.45, 2.75) is 51.0 Å². The van der Waals surface area contributed by atoms with E-state index in [-0.39, 0.29) is 47.8 Å². The first-order valence-corrected chi connectivity index (χ1v) is 10.2. The molecule has 6 nitrogen and oxygen atoms in total. The molecule has 1 N–H and O–H groups in total. The fourth-order valence-electron chi connectivity index (χ4n) is 5.85. The molecule has 6 heteroatoms. The second-order valence-corrected chi connectivity index (χ2v) is 8.96. The molecule has 0 saturated heterocycles. The van der Waals surface area contributed by atoms with Crippen molar-refractivity contribution in [2.75, 3.05) is 0 Å². The molecule has 29 heavy (non-hydrogen) atoms. The van der Waals surface area contributed by atoms with Crippen LogP contribution in [-0.2, 0) is 19.1 Å². The number of nitrogens with zero attached hydrogens (tertiary/aromatic N) is 1. The molecule has 1 unspecified atom stereocenters. The highest BCUT2D eigenvalue weighted by Gasteiger charge is 2.58. The third kappa shape index (κ3) is 2.69. The molecule has 0 radical (unpaired) electrons. The minimum atomic E-state index is -0.968. The summed E-state index contributed by atoms with van der Waals surface area (Å²) in [5.41, 5.74) is 2.30. The van der Waals surface area contributed by atoms with Crippen LogP contribution in [0.5, 0.6) is 0 Å². The predicted octanol–water partition coefficient (Wildman–Crippen LogP) is 3.20. The van der Waals surface area contributed by atoms with Crippen molar-refractivity contribution in [3.8, 4) is 0 Å². The average molecular weight is 393 g/mol. The van der Waals surface area contributed by atoms with E-state index < -0.39 is 11.9 Å². The number of carbonyl (C=O) groups excluding carboxylic acids is 2. The van der Waals surface area contributed by atoms with E-state index in [0.717, 1.165) is 24.0 Å². The van der Waals surface area contributed by atoms with Gasteiger partial charge >= 0.3 is 5.97 Å². The van der Waals surface area contributed by atoms with Crippen LogP contribution >= 0.6 is 0 Å². The van der Waals surface area contributed by atoms with Gasteiger partial charge in [-0.15, -0.1) is 0 Å². The molecule has 3 aliphatic carbocycles. The van der Waals surface area contributed by atoms with Crippen molar-refractivity contribution >= 4 is 17.5 Å². The van der Waals surface area contributed by atoms with Gasteiger partial charge < -0.3 is 9.84 Å². The van der Waals surface area contributed by atoms with Gasteiger partial charge in [0.1, 0.15) is 17.6 Å². The second-order valence-electron chi connectivity index (χ2n) is 8.96. The van der Waals surface area contributed by atoms with Gasteiger partial charge in [0.15, 0.2) is 5.78 Å². The molecule has 0 aromatic carbocycles. The minimum absolute atomic E-state index is 0.00885. The van der Waals surface area contributed by atoms with Gasteiger partial charge in [0.25, 0.3) is 0 Å². The Labute approximate surface area is 168 Å². The van der Waals surface area contributed by atoms with Gasteiger partial charge in [0.05, 0.1) is 11.5 Å². The number of rotatable bonds is 2. The first kappa shape index (κ1) is 18.3. The van der Waals surface area contributed by atoms with Crippen LogP contribution in [0.4, 0.5) is 0 Å². The third-order valence-corrected chi connectivity index (χ3v) is 7.36. The van der Waals surface area contributed by atoms with E-state index in [2.05, 4.69) is 11.9 Å². The van der Waals surface area contributed by atoms with Gasteiger partial charge in [0.2, 0.25) is 0 Å². The van der Waals surface area contributed by atoms with Crippen molar-refractivity contribution in [1.29, 1.82) is 0 Å². The number of carboxylic acid groups (broad SMARTS) is 1. The molecular weight excluding hydrogens is 370 g/mol. The molecular formula is C23H23NO5. The highest BCUT2D eigenvalue weighted by Crippen LogP contribution is 2.60. The van der Waals surface area contributed by atoms with Gasteiger partial charge in [-0.3, -0.25) is 19.4 Å². The third-order valence-electron chi connectivity index (χ3n) is 7.36. The van der Waals surface area contributed by atoms with Crippen molar-refractivity contribution in [1.82, 2.24) is 4.98 Å². The van der Waals surface area contributed by atoms with Gasteiger partial charge in [-0.2, -0.15) is 0 Å². The lowest BCUT2D eigenvalue weighted by molar-refractivity contribution is -0.144. The number of aromatic nitrogens is 1. The largest absolute Gasteiger partial charge is 0.489 e. The number of allylic oxidation sites excluding steroid dienone is 3. The van der Waals surface area contributed by atoms with Crippen LogP contribution in [0.2, 0.25) is 0 Å². The van der Waals surface area contributed by atoms with Crippen LogP contribution in [0.1, 0.15) is 50.5 Å². The van der Waals surface area contributed by atoms with E-state index in [9.17, 15) is 19.5 Å². The maximum Gasteiger partial charge on any atom is 0.307 e. The minimum Gasteiger partial charge on any atom is -0.489 e. The smallest absolute Gasteiger partial charge is 0.307 e. The monoisotopic (exact) mass is 393 g/mol. The van der Waals surface area contributed by atoms with E-state index in [0.29, 0.717) is 17.8 Å². The maximum atomic E-state index is 13.1. The first-order chi connectivity index (χ1) is 13.9. The van der Waals surface area contributed by atoms with Gasteiger partial charge in [-0.05, 0) is 41.5 Å². The quantitative estimate of drug-likeness (QED) is 0.829. The lowest BCUT2D eigenvalue weighted by atomic mass is 9.61. The number of hydrogen-bond donors (Lipinski definition) is 1. The molecule has 1 aliphatic heterocycles. The van der Waals surface area contributed by atoms with Crippen molar-refractivity contribution in [3.05, 3.63) is 53.1 Å². The summed E-state index contributed by atoms with van der Waals surface area (Å²) in [7, 11) is 0. The van der Waals surface area contributed by atoms with Crippen LogP contribution < -0.4 is 0 Å². The molecule has 0 amide bonds. The highest BCUT2D eigenvalue weighted by atomic mass is 16.5. The maximum absolute atomic E-state index is 13.1. The summed E-state index contributed by atoms with van der Waals surface area (Å²) in [5.74, 6) is -1.36. The van der Waals surface area contributed by atoms with E-state index in [4.69, 9.17) is 4.74 Å². The van der Waals surface area contributed by atoms with Crippen LogP contribution in [0.25, 0.3) is 0 Å². The predicted molar refractivity (Wildman–Crippen MR) is 103 cm³/mol. The Balaban J connectivity index is 1.49. The Morgan fingerprint density at radius 1 is 1.28 bits per heavy atom. The standard InChI is InChI=1S/C23H23NO5/c1-23-5-4-12-7-15-17(25)8-14(22(27)28)9-19(15)29-21(12)16(23)10-18(26)20(23)13-3-2-6-24-11-13/h2-3,6-7,11,14,16,20-21H,4-5,8-10H2,1H3,(H,27,28)/t14?,16-,20-,21+,23-/m0/s1. The zero-order valence-corrected chi connectivity index (χ0v) is 16.3. The Morgan fingerprint density at radius 3 is 2.83 bits per heavy atom. The molecule has 5 atom stereocenters. The van der Waals surface area contributed by atoms with E-state index in [1.165, 1.54) is 0 Å². The number of fused-ring (bicyclic) bond motifs is 3. The average Bonchev–Trinajstić information content (AvgIpc) is 2.98. The number of hydrogen-bond acceptors (Lipinski definition) is 5. The van der Waals surface area contributed by atoms with Crippen LogP contribution in [0.3, 0.4) is 0 Å². The summed E-state index contributed by atoms with van der Waals surface area (Å²) in [4.78, 5) is 41.2. The normalized spacial score (nSPS) is 36.0. The van der Waals surface area contributed by atoms with E-state index >= 15 is 0 Å². The first-order valence-electron chi connectivity index (χ1n) is 10.2. The Hall–Kier alpha value is -2.76. The molecule has 1 aromatic rings. The zero-order valence-electron chi connectivity index (χ0n) is 16.3. The highest BCUT2D eigenvalue weighted by molar-refractivity contribution is 6.02. The Bertz CT molecular complexity index is 978.